The molecule has 1 N–H and O–H groups in total. The Morgan fingerprint density at radius 2 is 2.19 bits per heavy atom. The molecular weight excluding hydrogens is 328 g/mol. The fourth-order valence-corrected chi connectivity index (χ4v) is 4.00. The molecule has 0 radical (unpaired) electrons. The number of hydrogen-bond donors (Lipinski definition) is 1. The standard InChI is InChI=1S/C19H26N6O/c1-4-15-13(2)21-17-10-16(18-20-7-9-23(18)3)22-25(17)19(15)24-8-5-6-14(11-24)12-26/h7,9-10,14,26H,4-6,8,11-12H2,1-3H3/t14-/m0/s1. The van der Waals surface area contributed by atoms with Crippen LogP contribution in [0.3, 0.4) is 0 Å². The Kier molecular flexibility index (Phi) is 4.40. The molecule has 0 spiro atoms. The van der Waals surface area contributed by atoms with E-state index in [-0.39, 0.29) is 6.61 Å². The molecule has 1 saturated heterocycles. The maximum absolute atomic E-state index is 9.64. The maximum atomic E-state index is 9.64. The van der Waals surface area contributed by atoms with Gasteiger partial charge in [0.25, 0.3) is 0 Å². The van der Waals surface area contributed by atoms with Crippen LogP contribution < -0.4 is 4.90 Å². The number of rotatable bonds is 4. The van der Waals surface area contributed by atoms with Gasteiger partial charge >= 0.3 is 0 Å². The van der Waals surface area contributed by atoms with Crippen molar-refractivity contribution in [1.29, 1.82) is 0 Å². The zero-order chi connectivity index (χ0) is 18.3. The van der Waals surface area contributed by atoms with Gasteiger partial charge in [0.05, 0.1) is 0 Å². The predicted octanol–water partition coefficient (Wildman–Crippen LogP) is 2.21. The Hall–Kier alpha value is -2.41. The third-order valence-electron chi connectivity index (χ3n) is 5.36. The lowest BCUT2D eigenvalue weighted by Gasteiger charge is -2.35. The minimum atomic E-state index is 0.239. The number of piperidine rings is 1. The van der Waals surface area contributed by atoms with Crippen LogP contribution in [0.5, 0.6) is 0 Å². The molecule has 0 aliphatic carbocycles. The summed E-state index contributed by atoms with van der Waals surface area (Å²) in [5, 5.41) is 14.5. The van der Waals surface area contributed by atoms with E-state index >= 15 is 0 Å². The van der Waals surface area contributed by atoms with Gasteiger partial charge in [0.15, 0.2) is 11.5 Å². The van der Waals surface area contributed by atoms with Crippen molar-refractivity contribution in [2.75, 3.05) is 24.6 Å². The van der Waals surface area contributed by atoms with Crippen LogP contribution in [0.15, 0.2) is 18.5 Å². The molecule has 0 unspecified atom stereocenters. The number of aryl methyl sites for hydroxylation is 2. The Bertz CT molecular complexity index is 928. The lowest BCUT2D eigenvalue weighted by Crippen LogP contribution is -2.38. The first-order valence-corrected chi connectivity index (χ1v) is 9.35. The summed E-state index contributed by atoms with van der Waals surface area (Å²) >= 11 is 0. The molecule has 0 saturated carbocycles. The second-order valence-corrected chi connectivity index (χ2v) is 7.15. The minimum Gasteiger partial charge on any atom is -0.396 e. The maximum Gasteiger partial charge on any atom is 0.160 e. The number of nitrogens with zero attached hydrogens (tertiary/aromatic N) is 6. The number of fused-ring (bicyclic) bond motifs is 1. The quantitative estimate of drug-likeness (QED) is 0.778. The molecule has 7 nitrogen and oxygen atoms in total. The number of anilines is 1. The summed E-state index contributed by atoms with van der Waals surface area (Å²) in [7, 11) is 1.97. The van der Waals surface area contributed by atoms with Crippen molar-refractivity contribution in [3.63, 3.8) is 0 Å². The number of hydrogen-bond acceptors (Lipinski definition) is 5. The second kappa shape index (κ2) is 6.72. The first kappa shape index (κ1) is 17.0. The second-order valence-electron chi connectivity index (χ2n) is 7.15. The van der Waals surface area contributed by atoms with Crippen LogP contribution in [0.1, 0.15) is 31.0 Å². The molecule has 3 aromatic heterocycles. The van der Waals surface area contributed by atoms with E-state index in [0.717, 1.165) is 61.0 Å². The first-order chi connectivity index (χ1) is 12.6. The van der Waals surface area contributed by atoms with Crippen LogP contribution in [0.25, 0.3) is 17.2 Å². The summed E-state index contributed by atoms with van der Waals surface area (Å²) in [5.41, 5.74) is 3.95. The summed E-state index contributed by atoms with van der Waals surface area (Å²) in [6.07, 6.45) is 6.78. The highest BCUT2D eigenvalue weighted by Gasteiger charge is 2.25. The monoisotopic (exact) mass is 354 g/mol. The molecule has 4 heterocycles. The average Bonchev–Trinajstić information content (AvgIpc) is 3.26. The van der Waals surface area contributed by atoms with E-state index in [1.54, 1.807) is 6.20 Å². The van der Waals surface area contributed by atoms with E-state index in [0.29, 0.717) is 5.92 Å². The zero-order valence-electron chi connectivity index (χ0n) is 15.7. The van der Waals surface area contributed by atoms with E-state index in [1.807, 2.05) is 28.4 Å². The van der Waals surface area contributed by atoms with Crippen LogP contribution in [0.2, 0.25) is 0 Å². The van der Waals surface area contributed by atoms with Crippen molar-refractivity contribution < 1.29 is 5.11 Å². The SMILES string of the molecule is CCc1c(C)nc2cc(-c3nccn3C)nn2c1N1CCC[C@H](CO)C1. The molecule has 0 aromatic carbocycles. The molecule has 0 bridgehead atoms. The van der Waals surface area contributed by atoms with Gasteiger partial charge in [0.1, 0.15) is 11.5 Å². The summed E-state index contributed by atoms with van der Waals surface area (Å²) in [6, 6.07) is 2.01. The summed E-state index contributed by atoms with van der Waals surface area (Å²) in [6.45, 7) is 6.32. The Balaban J connectivity index is 1.88. The van der Waals surface area contributed by atoms with Crippen molar-refractivity contribution >= 4 is 11.5 Å². The van der Waals surface area contributed by atoms with Gasteiger partial charge in [-0.2, -0.15) is 9.61 Å². The highest BCUT2D eigenvalue weighted by Crippen LogP contribution is 2.30. The lowest BCUT2D eigenvalue weighted by molar-refractivity contribution is 0.208. The number of aromatic nitrogens is 5. The van der Waals surface area contributed by atoms with Gasteiger partial charge in [-0.15, -0.1) is 0 Å². The van der Waals surface area contributed by atoms with E-state index in [2.05, 4.69) is 23.7 Å². The summed E-state index contributed by atoms with van der Waals surface area (Å²) in [4.78, 5) is 11.6. The van der Waals surface area contributed by atoms with Gasteiger partial charge in [-0.1, -0.05) is 6.92 Å². The van der Waals surface area contributed by atoms with Gasteiger partial charge in [-0.3, -0.25) is 0 Å². The molecule has 1 aliphatic heterocycles. The van der Waals surface area contributed by atoms with Crippen molar-refractivity contribution in [3.05, 3.63) is 29.7 Å². The molecule has 1 fully saturated rings. The summed E-state index contributed by atoms with van der Waals surface area (Å²) < 4.78 is 3.94. The molecule has 26 heavy (non-hydrogen) atoms. The third-order valence-corrected chi connectivity index (χ3v) is 5.36. The Morgan fingerprint density at radius 3 is 2.88 bits per heavy atom. The molecule has 1 atom stereocenters. The van der Waals surface area contributed by atoms with Gasteiger partial charge in [-0.05, 0) is 32.1 Å². The molecule has 7 heteroatoms. The normalized spacial score (nSPS) is 18.0. The van der Waals surface area contributed by atoms with Crippen LogP contribution in [0.4, 0.5) is 5.82 Å². The lowest BCUT2D eigenvalue weighted by atomic mass is 9.98. The van der Waals surface area contributed by atoms with E-state index in [4.69, 9.17) is 10.1 Å². The van der Waals surface area contributed by atoms with Crippen molar-refractivity contribution in [3.8, 4) is 11.5 Å². The van der Waals surface area contributed by atoms with Gasteiger partial charge in [0.2, 0.25) is 0 Å². The average molecular weight is 354 g/mol. The van der Waals surface area contributed by atoms with Gasteiger partial charge < -0.3 is 14.6 Å². The fraction of sp³-hybridized carbons (Fsp3) is 0.526. The van der Waals surface area contributed by atoms with E-state index < -0.39 is 0 Å². The highest BCUT2D eigenvalue weighted by molar-refractivity contribution is 5.64. The molecular formula is C19H26N6O. The smallest absolute Gasteiger partial charge is 0.160 e. The topological polar surface area (TPSA) is 71.5 Å². The van der Waals surface area contributed by atoms with Crippen LogP contribution in [0, 0.1) is 12.8 Å². The molecule has 4 rings (SSSR count). The first-order valence-electron chi connectivity index (χ1n) is 9.35. The van der Waals surface area contributed by atoms with Gasteiger partial charge in [0, 0.05) is 56.5 Å². The zero-order valence-corrected chi connectivity index (χ0v) is 15.7. The van der Waals surface area contributed by atoms with E-state index in [9.17, 15) is 5.11 Å². The molecule has 0 amide bonds. The molecule has 138 valence electrons. The molecule has 1 aliphatic rings. The molecule has 3 aromatic rings. The number of aliphatic hydroxyl groups is 1. The van der Waals surface area contributed by atoms with Crippen LogP contribution >= 0.6 is 0 Å². The minimum absolute atomic E-state index is 0.239. The number of aliphatic hydroxyl groups excluding tert-OH is 1. The fourth-order valence-electron chi connectivity index (χ4n) is 4.00. The largest absolute Gasteiger partial charge is 0.396 e. The highest BCUT2D eigenvalue weighted by atomic mass is 16.3. The van der Waals surface area contributed by atoms with Crippen molar-refractivity contribution in [2.45, 2.75) is 33.1 Å². The Morgan fingerprint density at radius 1 is 1.35 bits per heavy atom. The Labute approximate surface area is 153 Å². The van der Waals surface area contributed by atoms with E-state index in [1.165, 1.54) is 5.56 Å². The van der Waals surface area contributed by atoms with Crippen LogP contribution in [-0.4, -0.2) is 49.0 Å². The number of imidazole rings is 1. The van der Waals surface area contributed by atoms with Gasteiger partial charge in [-0.25, -0.2) is 9.97 Å². The van der Waals surface area contributed by atoms with Crippen LogP contribution in [-0.2, 0) is 13.5 Å². The van der Waals surface area contributed by atoms with Crippen molar-refractivity contribution in [1.82, 2.24) is 24.1 Å². The third kappa shape index (κ3) is 2.76. The predicted molar refractivity (Wildman–Crippen MR) is 101 cm³/mol. The van der Waals surface area contributed by atoms with Crippen molar-refractivity contribution in [2.24, 2.45) is 13.0 Å². The summed E-state index contributed by atoms with van der Waals surface area (Å²) in [5.74, 6) is 2.28.